The van der Waals surface area contributed by atoms with Crippen LogP contribution >= 0.6 is 0 Å². The Morgan fingerprint density at radius 1 is 1.39 bits per heavy atom. The largest absolute Gasteiger partial charge is 0.322 e. The lowest BCUT2D eigenvalue weighted by molar-refractivity contribution is 0.0852. The zero-order chi connectivity index (χ0) is 16.1. The molecule has 1 amide bonds. The molecule has 1 aliphatic carbocycles. The average molecular weight is 315 g/mol. The van der Waals surface area contributed by atoms with Gasteiger partial charge >= 0.3 is 0 Å². The van der Waals surface area contributed by atoms with Crippen LogP contribution in [-0.2, 0) is 0 Å². The first-order valence-electron chi connectivity index (χ1n) is 8.85. The van der Waals surface area contributed by atoms with Crippen LogP contribution in [0.5, 0.6) is 0 Å². The smallest absolute Gasteiger partial charge is 0.280 e. The predicted octanol–water partition coefficient (Wildman–Crippen LogP) is 2.82. The van der Waals surface area contributed by atoms with Gasteiger partial charge < -0.3 is 4.57 Å². The second-order valence-electron chi connectivity index (χ2n) is 7.04. The molecule has 0 N–H and O–H groups in total. The summed E-state index contributed by atoms with van der Waals surface area (Å²) in [5.41, 5.74) is 0.739. The van der Waals surface area contributed by atoms with Crippen LogP contribution in [0.3, 0.4) is 0 Å². The van der Waals surface area contributed by atoms with Gasteiger partial charge in [0.15, 0.2) is 11.5 Å². The Balaban J connectivity index is 1.75. The monoisotopic (exact) mass is 315 g/mol. The van der Waals surface area contributed by atoms with E-state index in [1.54, 1.807) is 4.90 Å². The maximum absolute atomic E-state index is 12.9. The number of aromatic nitrogens is 2. The number of imidazole rings is 1. The molecule has 23 heavy (non-hydrogen) atoms. The van der Waals surface area contributed by atoms with Gasteiger partial charge in [-0.05, 0) is 32.6 Å². The van der Waals surface area contributed by atoms with Gasteiger partial charge in [-0.15, -0.1) is 0 Å². The molecule has 124 valence electrons. The molecule has 2 aliphatic heterocycles. The lowest BCUT2D eigenvalue weighted by atomic mass is 10.1. The normalized spacial score (nSPS) is 26.9. The van der Waals surface area contributed by atoms with Gasteiger partial charge in [-0.2, -0.15) is 0 Å². The van der Waals surface area contributed by atoms with Crippen molar-refractivity contribution in [1.29, 1.82) is 0 Å². The Kier molecular flexibility index (Phi) is 3.43. The molecule has 1 aromatic rings. The number of hydrogen-bond donors (Lipinski definition) is 0. The number of fused-ring (bicyclic) bond motifs is 5. The van der Waals surface area contributed by atoms with Crippen LogP contribution in [0, 0.1) is 0 Å². The number of rotatable bonds is 4. The second-order valence-corrected chi connectivity index (χ2v) is 7.04. The van der Waals surface area contributed by atoms with Gasteiger partial charge in [0, 0.05) is 13.1 Å². The summed E-state index contributed by atoms with van der Waals surface area (Å²) in [6.07, 6.45) is 8.72. The summed E-state index contributed by atoms with van der Waals surface area (Å²) in [7, 11) is 1.84. The third-order valence-electron chi connectivity index (χ3n) is 5.53. The van der Waals surface area contributed by atoms with Crippen molar-refractivity contribution in [2.45, 2.75) is 70.5 Å². The number of aliphatic imine (C=N–C) groups is 1. The first-order chi connectivity index (χ1) is 11.1. The molecule has 3 aliphatic rings. The van der Waals surface area contributed by atoms with E-state index in [9.17, 15) is 4.79 Å². The summed E-state index contributed by atoms with van der Waals surface area (Å²) >= 11 is 0. The number of hydrogen-bond acceptors (Lipinski definition) is 4. The van der Waals surface area contributed by atoms with E-state index in [1.807, 2.05) is 13.4 Å². The predicted molar refractivity (Wildman–Crippen MR) is 89.9 cm³/mol. The number of carbonyl (C=O) groups excluding carboxylic acids is 1. The summed E-state index contributed by atoms with van der Waals surface area (Å²) < 4.78 is 2.07. The molecule has 4 rings (SSSR count). The van der Waals surface area contributed by atoms with Crippen molar-refractivity contribution in [3.8, 4) is 0 Å². The van der Waals surface area contributed by atoms with Gasteiger partial charge in [0.1, 0.15) is 0 Å². The molecule has 3 heterocycles. The molecule has 1 fully saturated rings. The minimum atomic E-state index is 0.0239. The summed E-state index contributed by atoms with van der Waals surface area (Å²) in [6.45, 7) is 4.37. The minimum Gasteiger partial charge on any atom is -0.322 e. The van der Waals surface area contributed by atoms with E-state index in [2.05, 4.69) is 28.3 Å². The SMILES string of the molecule is CCCCC(C)n1cnc2c1C(=O)N(C)C1=N[C@@H]3CCC[C@@H]3N12. The van der Waals surface area contributed by atoms with Crippen molar-refractivity contribution in [3.63, 3.8) is 0 Å². The van der Waals surface area contributed by atoms with E-state index in [-0.39, 0.29) is 5.91 Å². The third kappa shape index (κ3) is 2.03. The van der Waals surface area contributed by atoms with Crippen LogP contribution in [0.15, 0.2) is 11.3 Å². The van der Waals surface area contributed by atoms with E-state index in [0.29, 0.717) is 18.1 Å². The Bertz CT molecular complexity index is 664. The fraction of sp³-hybridized carbons (Fsp3) is 0.706. The van der Waals surface area contributed by atoms with Gasteiger partial charge in [0.05, 0.1) is 18.4 Å². The Labute approximate surface area is 137 Å². The van der Waals surface area contributed by atoms with Crippen molar-refractivity contribution in [1.82, 2.24) is 14.5 Å². The lowest BCUT2D eigenvalue weighted by Crippen LogP contribution is -2.51. The summed E-state index contributed by atoms with van der Waals surface area (Å²) in [5.74, 6) is 1.64. The van der Waals surface area contributed by atoms with Crippen molar-refractivity contribution in [3.05, 3.63) is 12.0 Å². The molecule has 0 bridgehead atoms. The average Bonchev–Trinajstić information content (AvgIpc) is 3.22. The maximum Gasteiger partial charge on any atom is 0.280 e. The summed E-state index contributed by atoms with van der Waals surface area (Å²) in [4.78, 5) is 26.3. The molecule has 6 nitrogen and oxygen atoms in total. The van der Waals surface area contributed by atoms with E-state index >= 15 is 0 Å². The quantitative estimate of drug-likeness (QED) is 0.858. The van der Waals surface area contributed by atoms with Crippen molar-refractivity contribution < 1.29 is 4.79 Å². The van der Waals surface area contributed by atoms with E-state index in [1.165, 1.54) is 19.3 Å². The number of nitrogens with zero attached hydrogens (tertiary/aromatic N) is 5. The Hall–Kier alpha value is -1.85. The van der Waals surface area contributed by atoms with Gasteiger partial charge in [-0.3, -0.25) is 14.6 Å². The maximum atomic E-state index is 12.9. The summed E-state index contributed by atoms with van der Waals surface area (Å²) in [5, 5.41) is 0. The number of unbranched alkanes of at least 4 members (excludes halogenated alkanes) is 1. The standard InChI is InChI=1S/C17H25N5O/c1-4-5-7-11(2)21-10-18-15-14(21)16(23)20(3)17-19-12-8-6-9-13(12)22(15)17/h10-13H,4-9H2,1-3H3/t11?,12-,13+/m1/s1. The number of carbonyl (C=O) groups is 1. The van der Waals surface area contributed by atoms with Crippen LogP contribution < -0.4 is 4.90 Å². The number of anilines is 1. The number of amides is 1. The molecule has 0 aromatic carbocycles. The van der Waals surface area contributed by atoms with Crippen LogP contribution in [0.25, 0.3) is 0 Å². The molecule has 1 aromatic heterocycles. The Morgan fingerprint density at radius 3 is 3.00 bits per heavy atom. The molecular formula is C17H25N5O. The zero-order valence-electron chi connectivity index (χ0n) is 14.2. The summed E-state index contributed by atoms with van der Waals surface area (Å²) in [6, 6.07) is 1.01. The lowest BCUT2D eigenvalue weighted by Gasteiger charge is -2.35. The molecule has 0 radical (unpaired) electrons. The van der Waals surface area contributed by atoms with Gasteiger partial charge in [0.25, 0.3) is 5.91 Å². The van der Waals surface area contributed by atoms with Gasteiger partial charge in [-0.25, -0.2) is 9.98 Å². The number of guanidine groups is 1. The molecular weight excluding hydrogens is 290 g/mol. The van der Waals surface area contributed by atoms with E-state index < -0.39 is 0 Å². The first-order valence-corrected chi connectivity index (χ1v) is 8.85. The molecule has 0 saturated heterocycles. The van der Waals surface area contributed by atoms with Crippen LogP contribution in [0.4, 0.5) is 5.82 Å². The fourth-order valence-electron chi connectivity index (χ4n) is 4.19. The third-order valence-corrected chi connectivity index (χ3v) is 5.53. The molecule has 3 atom stereocenters. The molecule has 0 spiro atoms. The van der Waals surface area contributed by atoms with E-state index in [0.717, 1.165) is 36.7 Å². The van der Waals surface area contributed by atoms with Gasteiger partial charge in [0.2, 0.25) is 5.96 Å². The van der Waals surface area contributed by atoms with E-state index in [4.69, 9.17) is 4.99 Å². The highest BCUT2D eigenvalue weighted by Gasteiger charge is 2.48. The van der Waals surface area contributed by atoms with Crippen molar-refractivity contribution in [2.75, 3.05) is 11.9 Å². The highest BCUT2D eigenvalue weighted by Crippen LogP contribution is 2.40. The highest BCUT2D eigenvalue weighted by atomic mass is 16.2. The van der Waals surface area contributed by atoms with Crippen LogP contribution in [0.2, 0.25) is 0 Å². The van der Waals surface area contributed by atoms with Crippen molar-refractivity contribution >= 4 is 17.7 Å². The second kappa shape index (κ2) is 5.35. The molecule has 1 unspecified atom stereocenters. The topological polar surface area (TPSA) is 53.7 Å². The fourth-order valence-corrected chi connectivity index (χ4v) is 4.19. The Morgan fingerprint density at radius 2 is 2.22 bits per heavy atom. The first kappa shape index (κ1) is 14.7. The van der Waals surface area contributed by atoms with Crippen LogP contribution in [0.1, 0.15) is 68.9 Å². The highest BCUT2D eigenvalue weighted by molar-refractivity contribution is 6.18. The van der Waals surface area contributed by atoms with Crippen molar-refractivity contribution in [2.24, 2.45) is 4.99 Å². The molecule has 6 heteroatoms. The minimum absolute atomic E-state index is 0.0239. The van der Waals surface area contributed by atoms with Crippen LogP contribution in [-0.4, -0.2) is 45.4 Å². The molecule has 1 saturated carbocycles. The van der Waals surface area contributed by atoms with Gasteiger partial charge in [-0.1, -0.05) is 19.8 Å². The zero-order valence-corrected chi connectivity index (χ0v) is 14.2.